The summed E-state index contributed by atoms with van der Waals surface area (Å²) in [7, 11) is 0. The third-order valence-corrected chi connectivity index (χ3v) is 5.10. The van der Waals surface area contributed by atoms with Crippen LogP contribution in [0.3, 0.4) is 0 Å². The number of piperidine rings is 1. The summed E-state index contributed by atoms with van der Waals surface area (Å²) < 4.78 is 5.79. The predicted octanol–water partition coefficient (Wildman–Crippen LogP) is 4.60. The van der Waals surface area contributed by atoms with Crippen LogP contribution in [0, 0.1) is 6.92 Å². The van der Waals surface area contributed by atoms with Crippen LogP contribution >= 0.6 is 0 Å². The van der Waals surface area contributed by atoms with Crippen molar-refractivity contribution in [3.8, 4) is 11.5 Å². The van der Waals surface area contributed by atoms with Gasteiger partial charge >= 0.3 is 0 Å². The summed E-state index contributed by atoms with van der Waals surface area (Å²) in [4.78, 5) is 14.7. The standard InChI is InChI=1S/C23H23N3O2/c1-17-7-12-22(25-24-17)18-13-15-26(16-14-18)23(27)19-8-10-21(11-9-19)28-20-5-3-2-4-6-20/h2-12,18H,13-16H2,1H3. The summed E-state index contributed by atoms with van der Waals surface area (Å²) in [5.41, 5.74) is 2.64. The van der Waals surface area contributed by atoms with Crippen LogP contribution in [0.5, 0.6) is 11.5 Å². The first-order chi connectivity index (χ1) is 13.7. The minimum absolute atomic E-state index is 0.0692. The van der Waals surface area contributed by atoms with Gasteiger partial charge in [0.2, 0.25) is 0 Å². The van der Waals surface area contributed by atoms with Gasteiger partial charge in [-0.15, -0.1) is 0 Å². The van der Waals surface area contributed by atoms with Crippen molar-refractivity contribution in [1.29, 1.82) is 0 Å². The third kappa shape index (κ3) is 4.19. The molecular weight excluding hydrogens is 350 g/mol. The zero-order valence-electron chi connectivity index (χ0n) is 15.9. The molecule has 142 valence electrons. The van der Waals surface area contributed by atoms with Gasteiger partial charge in [-0.05, 0) is 68.3 Å². The molecule has 2 aromatic carbocycles. The quantitative estimate of drug-likeness (QED) is 0.671. The maximum absolute atomic E-state index is 12.8. The summed E-state index contributed by atoms with van der Waals surface area (Å²) >= 11 is 0. The molecule has 28 heavy (non-hydrogen) atoms. The Morgan fingerprint density at radius 3 is 2.21 bits per heavy atom. The molecule has 0 aliphatic carbocycles. The van der Waals surface area contributed by atoms with Crippen molar-refractivity contribution in [2.24, 2.45) is 0 Å². The highest BCUT2D eigenvalue weighted by atomic mass is 16.5. The van der Waals surface area contributed by atoms with Gasteiger partial charge in [-0.3, -0.25) is 4.79 Å². The fourth-order valence-electron chi connectivity index (χ4n) is 3.48. The number of nitrogens with zero attached hydrogens (tertiary/aromatic N) is 3. The van der Waals surface area contributed by atoms with E-state index >= 15 is 0 Å². The molecule has 5 nitrogen and oxygen atoms in total. The number of amides is 1. The average molecular weight is 373 g/mol. The van der Waals surface area contributed by atoms with E-state index < -0.39 is 0 Å². The molecule has 0 unspecified atom stereocenters. The molecule has 0 spiro atoms. The number of aromatic nitrogens is 2. The highest BCUT2D eigenvalue weighted by Crippen LogP contribution is 2.27. The maximum Gasteiger partial charge on any atom is 0.253 e. The topological polar surface area (TPSA) is 55.3 Å². The van der Waals surface area contributed by atoms with Crippen LogP contribution in [0.1, 0.15) is 40.5 Å². The molecule has 0 atom stereocenters. The van der Waals surface area contributed by atoms with Gasteiger partial charge in [0.05, 0.1) is 11.4 Å². The van der Waals surface area contributed by atoms with Gasteiger partial charge in [-0.1, -0.05) is 18.2 Å². The van der Waals surface area contributed by atoms with Crippen molar-refractivity contribution < 1.29 is 9.53 Å². The summed E-state index contributed by atoms with van der Waals surface area (Å²) in [5.74, 6) is 1.95. The molecule has 3 aromatic rings. The van der Waals surface area contributed by atoms with E-state index in [2.05, 4.69) is 16.3 Å². The van der Waals surface area contributed by atoms with Crippen LogP contribution < -0.4 is 4.74 Å². The molecule has 5 heteroatoms. The lowest BCUT2D eigenvalue weighted by Crippen LogP contribution is -2.38. The lowest BCUT2D eigenvalue weighted by atomic mass is 9.93. The van der Waals surface area contributed by atoms with E-state index in [1.165, 1.54) is 0 Å². The predicted molar refractivity (Wildman–Crippen MR) is 108 cm³/mol. The second kappa shape index (κ2) is 8.21. The highest BCUT2D eigenvalue weighted by molar-refractivity contribution is 5.94. The first kappa shape index (κ1) is 18.2. The van der Waals surface area contributed by atoms with Gasteiger partial charge in [0.15, 0.2) is 0 Å². The first-order valence-corrected chi connectivity index (χ1v) is 9.61. The zero-order chi connectivity index (χ0) is 19.3. The van der Waals surface area contributed by atoms with Crippen molar-refractivity contribution in [3.63, 3.8) is 0 Å². The molecule has 1 aromatic heterocycles. The second-order valence-electron chi connectivity index (χ2n) is 7.11. The maximum atomic E-state index is 12.8. The van der Waals surface area contributed by atoms with E-state index in [9.17, 15) is 4.79 Å². The minimum Gasteiger partial charge on any atom is -0.457 e. The summed E-state index contributed by atoms with van der Waals surface area (Å²) in [6, 6.07) is 21.0. The van der Waals surface area contributed by atoms with Crippen LogP contribution in [0.25, 0.3) is 0 Å². The number of rotatable bonds is 4. The number of carbonyl (C=O) groups is 1. The van der Waals surface area contributed by atoms with Gasteiger partial charge in [0.1, 0.15) is 11.5 Å². The summed E-state index contributed by atoms with van der Waals surface area (Å²) in [6.07, 6.45) is 1.83. The van der Waals surface area contributed by atoms with Crippen molar-refractivity contribution in [3.05, 3.63) is 83.7 Å². The molecule has 0 N–H and O–H groups in total. The van der Waals surface area contributed by atoms with Crippen LogP contribution in [0.4, 0.5) is 0 Å². The Labute approximate surface area is 165 Å². The Balaban J connectivity index is 1.35. The fraction of sp³-hybridized carbons (Fsp3) is 0.261. The normalized spacial score (nSPS) is 14.7. The van der Waals surface area contributed by atoms with E-state index in [0.29, 0.717) is 11.5 Å². The number of hydrogen-bond donors (Lipinski definition) is 0. The number of ether oxygens (including phenoxy) is 1. The largest absolute Gasteiger partial charge is 0.457 e. The Morgan fingerprint density at radius 2 is 1.57 bits per heavy atom. The Bertz CT molecular complexity index is 916. The van der Waals surface area contributed by atoms with Crippen molar-refractivity contribution in [1.82, 2.24) is 15.1 Å². The first-order valence-electron chi connectivity index (χ1n) is 9.61. The number of hydrogen-bond acceptors (Lipinski definition) is 4. The van der Waals surface area contributed by atoms with Crippen molar-refractivity contribution in [2.45, 2.75) is 25.7 Å². The van der Waals surface area contributed by atoms with Gasteiger partial charge < -0.3 is 9.64 Å². The van der Waals surface area contributed by atoms with Gasteiger partial charge in [-0.25, -0.2) is 0 Å². The van der Waals surface area contributed by atoms with Crippen LogP contribution in [-0.2, 0) is 0 Å². The second-order valence-corrected chi connectivity index (χ2v) is 7.11. The molecule has 1 aliphatic rings. The van der Waals surface area contributed by atoms with Crippen molar-refractivity contribution >= 4 is 5.91 Å². The number of aryl methyl sites for hydroxylation is 1. The van der Waals surface area contributed by atoms with Gasteiger partial charge in [0, 0.05) is 24.6 Å². The molecule has 1 amide bonds. The van der Waals surface area contributed by atoms with Gasteiger partial charge in [0.25, 0.3) is 5.91 Å². The molecule has 1 saturated heterocycles. The molecule has 1 aliphatic heterocycles. The summed E-state index contributed by atoms with van der Waals surface area (Å²) in [6.45, 7) is 3.41. The molecule has 1 fully saturated rings. The fourth-order valence-corrected chi connectivity index (χ4v) is 3.48. The van der Waals surface area contributed by atoms with E-state index in [0.717, 1.165) is 48.8 Å². The summed E-state index contributed by atoms with van der Waals surface area (Å²) in [5, 5.41) is 8.46. The smallest absolute Gasteiger partial charge is 0.253 e. The highest BCUT2D eigenvalue weighted by Gasteiger charge is 2.25. The van der Waals surface area contributed by atoms with Gasteiger partial charge in [-0.2, -0.15) is 10.2 Å². The molecule has 2 heterocycles. The van der Waals surface area contributed by atoms with Crippen LogP contribution in [0.2, 0.25) is 0 Å². The molecule has 0 bridgehead atoms. The molecule has 0 radical (unpaired) electrons. The van der Waals surface area contributed by atoms with E-state index in [4.69, 9.17) is 4.74 Å². The number of benzene rings is 2. The number of para-hydroxylation sites is 1. The van der Waals surface area contributed by atoms with E-state index in [-0.39, 0.29) is 5.91 Å². The van der Waals surface area contributed by atoms with Crippen LogP contribution in [-0.4, -0.2) is 34.1 Å². The minimum atomic E-state index is 0.0692. The Hall–Kier alpha value is -3.21. The van der Waals surface area contributed by atoms with E-state index in [1.54, 1.807) is 0 Å². The lowest BCUT2D eigenvalue weighted by molar-refractivity contribution is 0.0712. The van der Waals surface area contributed by atoms with E-state index in [1.807, 2.05) is 72.5 Å². The molecule has 4 rings (SSSR count). The third-order valence-electron chi connectivity index (χ3n) is 5.10. The van der Waals surface area contributed by atoms with Crippen LogP contribution in [0.15, 0.2) is 66.7 Å². The zero-order valence-corrected chi connectivity index (χ0v) is 15.9. The number of carbonyl (C=O) groups excluding carboxylic acids is 1. The molecular formula is C23H23N3O2. The lowest BCUT2D eigenvalue weighted by Gasteiger charge is -2.31. The number of likely N-dealkylation sites (tertiary alicyclic amines) is 1. The molecule has 0 saturated carbocycles. The van der Waals surface area contributed by atoms with Crippen molar-refractivity contribution in [2.75, 3.05) is 13.1 Å². The Kier molecular flexibility index (Phi) is 5.33. The monoisotopic (exact) mass is 373 g/mol. The average Bonchev–Trinajstić information content (AvgIpc) is 2.75. The Morgan fingerprint density at radius 1 is 0.893 bits per heavy atom. The SMILES string of the molecule is Cc1ccc(C2CCN(C(=O)c3ccc(Oc4ccccc4)cc3)CC2)nn1.